The molecule has 1 aromatic carbocycles. The van der Waals surface area contributed by atoms with Crippen LogP contribution < -0.4 is 15.4 Å². The number of carbonyl (C=O) groups excluding carboxylic acids is 3. The molecule has 0 saturated carbocycles. The highest BCUT2D eigenvalue weighted by atomic mass is 16.5. The summed E-state index contributed by atoms with van der Waals surface area (Å²) in [6.07, 6.45) is 0. The number of carbonyl (C=O) groups is 3. The van der Waals surface area contributed by atoms with E-state index < -0.39 is 24.0 Å². The molecule has 2 N–H and O–H groups in total. The van der Waals surface area contributed by atoms with E-state index in [4.69, 9.17) is 9.47 Å². The number of para-hydroxylation sites is 1. The molecule has 0 saturated heterocycles. The van der Waals surface area contributed by atoms with E-state index in [1.54, 1.807) is 38.1 Å². The molecule has 1 atom stereocenters. The van der Waals surface area contributed by atoms with E-state index in [9.17, 15) is 14.4 Å². The summed E-state index contributed by atoms with van der Waals surface area (Å²) < 4.78 is 10.2. The highest BCUT2D eigenvalue weighted by Crippen LogP contribution is 2.33. The molecule has 0 spiro atoms. The van der Waals surface area contributed by atoms with Crippen molar-refractivity contribution in [1.82, 2.24) is 10.6 Å². The van der Waals surface area contributed by atoms with E-state index in [0.717, 1.165) is 0 Å². The minimum Gasteiger partial charge on any atom is -0.463 e. The van der Waals surface area contributed by atoms with Gasteiger partial charge < -0.3 is 20.1 Å². The topological polar surface area (TPSA) is 93.7 Å². The predicted octanol–water partition coefficient (Wildman–Crippen LogP) is 1.80. The lowest BCUT2D eigenvalue weighted by Crippen LogP contribution is -2.45. The summed E-state index contributed by atoms with van der Waals surface area (Å²) in [5, 5.41) is 5.22. The highest BCUT2D eigenvalue weighted by molar-refractivity contribution is 5.95. The molecule has 1 aromatic rings. The van der Waals surface area contributed by atoms with Crippen molar-refractivity contribution in [2.75, 3.05) is 6.61 Å². The first-order valence-electron chi connectivity index (χ1n) is 7.16. The Morgan fingerprint density at radius 1 is 1.26 bits per heavy atom. The van der Waals surface area contributed by atoms with Crippen LogP contribution in [0.2, 0.25) is 0 Å². The van der Waals surface area contributed by atoms with Crippen LogP contribution in [0.5, 0.6) is 5.75 Å². The van der Waals surface area contributed by atoms with Gasteiger partial charge in [0.15, 0.2) is 0 Å². The summed E-state index contributed by atoms with van der Waals surface area (Å²) in [5.41, 5.74) is 1.17. The zero-order valence-electron chi connectivity index (χ0n) is 13.1. The van der Waals surface area contributed by atoms with Crippen molar-refractivity contribution in [3.63, 3.8) is 0 Å². The Hall–Kier alpha value is -2.83. The number of allylic oxidation sites excluding steroid dienone is 1. The molecule has 0 aliphatic carbocycles. The maximum Gasteiger partial charge on any atom is 0.338 e. The van der Waals surface area contributed by atoms with Gasteiger partial charge in [-0.1, -0.05) is 18.2 Å². The van der Waals surface area contributed by atoms with Crippen molar-refractivity contribution in [3.05, 3.63) is 41.1 Å². The molecular weight excluding hydrogens is 300 g/mol. The third kappa shape index (κ3) is 3.68. The number of hydrogen-bond donors (Lipinski definition) is 2. The number of urea groups is 1. The van der Waals surface area contributed by atoms with Gasteiger partial charge in [0.25, 0.3) is 0 Å². The van der Waals surface area contributed by atoms with E-state index in [0.29, 0.717) is 11.3 Å². The average Bonchev–Trinajstić information content (AvgIpc) is 2.46. The molecule has 23 heavy (non-hydrogen) atoms. The van der Waals surface area contributed by atoms with Gasteiger partial charge in [0.1, 0.15) is 5.75 Å². The molecule has 0 radical (unpaired) electrons. The minimum absolute atomic E-state index is 0.210. The standard InChI is InChI=1S/C16H18N2O5/c1-4-22-15(20)13-9(2)17-16(21)18-14(13)11-7-5-6-8-12(11)23-10(3)19/h5-8,14H,4H2,1-3H3,(H2,17,18,21)/t14-/m1/s1. The van der Waals surface area contributed by atoms with Crippen molar-refractivity contribution >= 4 is 18.0 Å². The third-order valence-corrected chi connectivity index (χ3v) is 3.25. The average molecular weight is 318 g/mol. The van der Waals surface area contributed by atoms with E-state index in [1.165, 1.54) is 6.92 Å². The lowest BCUT2D eigenvalue weighted by atomic mass is 9.95. The molecule has 1 heterocycles. The van der Waals surface area contributed by atoms with Gasteiger partial charge in [-0.15, -0.1) is 0 Å². The molecule has 1 aliphatic heterocycles. The molecule has 0 aromatic heterocycles. The highest BCUT2D eigenvalue weighted by Gasteiger charge is 2.33. The molecule has 1 aliphatic rings. The summed E-state index contributed by atoms with van der Waals surface area (Å²) in [5.74, 6) is -0.752. The first kappa shape index (κ1) is 16.5. The van der Waals surface area contributed by atoms with Crippen LogP contribution in [0, 0.1) is 0 Å². The zero-order valence-corrected chi connectivity index (χ0v) is 13.1. The second kappa shape index (κ2) is 6.95. The smallest absolute Gasteiger partial charge is 0.338 e. The molecule has 2 rings (SSSR count). The first-order valence-corrected chi connectivity index (χ1v) is 7.16. The molecule has 0 unspecified atom stereocenters. The predicted molar refractivity (Wildman–Crippen MR) is 81.5 cm³/mol. The van der Waals surface area contributed by atoms with E-state index in [-0.39, 0.29) is 17.9 Å². The summed E-state index contributed by atoms with van der Waals surface area (Å²) in [6.45, 7) is 4.81. The number of nitrogens with one attached hydrogen (secondary N) is 2. The van der Waals surface area contributed by atoms with Crippen molar-refractivity contribution < 1.29 is 23.9 Å². The van der Waals surface area contributed by atoms with E-state index in [1.807, 2.05) is 0 Å². The Labute approximate surface area is 133 Å². The van der Waals surface area contributed by atoms with Gasteiger partial charge in [0.2, 0.25) is 0 Å². The second-order valence-electron chi connectivity index (χ2n) is 4.92. The first-order chi connectivity index (χ1) is 10.9. The maximum absolute atomic E-state index is 12.3. The number of hydrogen-bond acceptors (Lipinski definition) is 5. The Morgan fingerprint density at radius 3 is 2.61 bits per heavy atom. The van der Waals surface area contributed by atoms with Gasteiger partial charge in [-0.3, -0.25) is 4.79 Å². The van der Waals surface area contributed by atoms with Crippen LogP contribution in [-0.4, -0.2) is 24.6 Å². The van der Waals surface area contributed by atoms with Crippen LogP contribution in [0.25, 0.3) is 0 Å². The molecule has 2 amide bonds. The van der Waals surface area contributed by atoms with Gasteiger partial charge in [0.05, 0.1) is 18.2 Å². The number of benzene rings is 1. The number of rotatable bonds is 4. The maximum atomic E-state index is 12.3. The van der Waals surface area contributed by atoms with Gasteiger partial charge >= 0.3 is 18.0 Å². The Kier molecular flexibility index (Phi) is 5.00. The molecule has 0 bridgehead atoms. The third-order valence-electron chi connectivity index (χ3n) is 3.25. The van der Waals surface area contributed by atoms with Crippen LogP contribution in [0.3, 0.4) is 0 Å². The van der Waals surface area contributed by atoms with Crippen LogP contribution >= 0.6 is 0 Å². The molecule has 7 heteroatoms. The van der Waals surface area contributed by atoms with Gasteiger partial charge in [-0.25, -0.2) is 9.59 Å². The molecular formula is C16H18N2O5. The zero-order chi connectivity index (χ0) is 17.0. The van der Waals surface area contributed by atoms with E-state index in [2.05, 4.69) is 10.6 Å². The summed E-state index contributed by atoms with van der Waals surface area (Å²) in [4.78, 5) is 35.3. The number of esters is 2. The normalized spacial score (nSPS) is 17.2. The SMILES string of the molecule is CCOC(=O)C1=C(C)NC(=O)N[C@@H]1c1ccccc1OC(C)=O. The molecule has 7 nitrogen and oxygen atoms in total. The summed E-state index contributed by atoms with van der Waals surface area (Å²) in [6, 6.07) is 5.50. The van der Waals surface area contributed by atoms with Crippen LogP contribution in [0.1, 0.15) is 32.4 Å². The van der Waals surface area contributed by atoms with E-state index >= 15 is 0 Å². The van der Waals surface area contributed by atoms with Crippen LogP contribution in [0.15, 0.2) is 35.5 Å². The van der Waals surface area contributed by atoms with Crippen molar-refractivity contribution in [1.29, 1.82) is 0 Å². The van der Waals surface area contributed by atoms with Crippen molar-refractivity contribution in [2.24, 2.45) is 0 Å². The van der Waals surface area contributed by atoms with Crippen LogP contribution in [0.4, 0.5) is 4.79 Å². The lowest BCUT2D eigenvalue weighted by molar-refractivity contribution is -0.139. The summed E-state index contributed by atoms with van der Waals surface area (Å²) >= 11 is 0. The minimum atomic E-state index is -0.765. The largest absolute Gasteiger partial charge is 0.463 e. The van der Waals surface area contributed by atoms with Gasteiger partial charge in [-0.2, -0.15) is 0 Å². The summed E-state index contributed by atoms with van der Waals surface area (Å²) in [7, 11) is 0. The lowest BCUT2D eigenvalue weighted by Gasteiger charge is -2.28. The monoisotopic (exact) mass is 318 g/mol. The van der Waals surface area contributed by atoms with Gasteiger partial charge in [0, 0.05) is 18.2 Å². The van der Waals surface area contributed by atoms with Crippen LogP contribution in [-0.2, 0) is 14.3 Å². The fourth-order valence-electron chi connectivity index (χ4n) is 2.37. The van der Waals surface area contributed by atoms with Crippen molar-refractivity contribution in [2.45, 2.75) is 26.8 Å². The van der Waals surface area contributed by atoms with Crippen molar-refractivity contribution in [3.8, 4) is 5.75 Å². The Morgan fingerprint density at radius 2 is 1.96 bits per heavy atom. The quantitative estimate of drug-likeness (QED) is 0.652. The van der Waals surface area contributed by atoms with Gasteiger partial charge in [-0.05, 0) is 19.9 Å². The molecule has 122 valence electrons. The number of amides is 2. The fourth-order valence-corrected chi connectivity index (χ4v) is 2.37. The molecule has 0 fully saturated rings. The second-order valence-corrected chi connectivity index (χ2v) is 4.92. The number of ether oxygens (including phenoxy) is 2. The Balaban J connectivity index is 2.50. The Bertz CT molecular complexity index is 681. The fraction of sp³-hybridized carbons (Fsp3) is 0.312.